The molecule has 0 amide bonds. The van der Waals surface area contributed by atoms with E-state index in [1.165, 1.54) is 18.2 Å². The van der Waals surface area contributed by atoms with Crippen LogP contribution in [0.3, 0.4) is 0 Å². The summed E-state index contributed by atoms with van der Waals surface area (Å²) in [7, 11) is -9.15. The van der Waals surface area contributed by atoms with Crippen molar-refractivity contribution in [3.8, 4) is 11.1 Å². The van der Waals surface area contributed by atoms with Gasteiger partial charge in [0, 0.05) is 11.1 Å². The van der Waals surface area contributed by atoms with Gasteiger partial charge in [-0.05, 0) is 34.1 Å². The minimum Gasteiger partial charge on any atom is -0.282 e. The second kappa shape index (κ2) is 5.70. The lowest BCUT2D eigenvalue weighted by molar-refractivity contribution is 0.483. The van der Waals surface area contributed by atoms with Gasteiger partial charge in [0.05, 0.1) is 9.37 Å². The first-order chi connectivity index (χ1) is 10.0. The third-order valence-electron chi connectivity index (χ3n) is 2.79. The highest BCUT2D eigenvalue weighted by atomic mass is 79.9. The van der Waals surface area contributed by atoms with Crippen LogP contribution in [0.15, 0.2) is 50.7 Å². The molecule has 0 aromatic heterocycles. The predicted octanol–water partition coefficient (Wildman–Crippen LogP) is 2.15. The molecule has 0 aliphatic heterocycles. The summed E-state index contributed by atoms with van der Waals surface area (Å²) in [5, 5.41) is 5.06. The maximum atomic E-state index is 14.3. The summed E-state index contributed by atoms with van der Waals surface area (Å²) in [5.41, 5.74) is -0.849. The van der Waals surface area contributed by atoms with E-state index in [4.69, 9.17) is 5.14 Å². The van der Waals surface area contributed by atoms with Crippen molar-refractivity contribution in [3.63, 3.8) is 0 Å². The van der Waals surface area contributed by atoms with Crippen LogP contribution >= 0.6 is 15.9 Å². The Morgan fingerprint density at radius 1 is 1.00 bits per heavy atom. The van der Waals surface area contributed by atoms with E-state index in [-0.39, 0.29) is 10.0 Å². The van der Waals surface area contributed by atoms with Crippen LogP contribution in [0.2, 0.25) is 0 Å². The van der Waals surface area contributed by atoms with Crippen LogP contribution in [0.25, 0.3) is 11.1 Å². The fourth-order valence-corrected chi connectivity index (χ4v) is 3.86. The third kappa shape index (κ3) is 3.20. The van der Waals surface area contributed by atoms with Crippen molar-refractivity contribution >= 4 is 36.1 Å². The van der Waals surface area contributed by atoms with Gasteiger partial charge in [-0.2, -0.15) is 8.42 Å². The van der Waals surface area contributed by atoms with E-state index in [9.17, 15) is 25.8 Å². The molecular weight excluding hydrogens is 401 g/mol. The van der Waals surface area contributed by atoms with Crippen molar-refractivity contribution in [2.24, 2.45) is 5.14 Å². The molecule has 10 heteroatoms. The topological polar surface area (TPSA) is 115 Å². The van der Waals surface area contributed by atoms with Crippen molar-refractivity contribution in [1.29, 1.82) is 0 Å². The highest BCUT2D eigenvalue weighted by molar-refractivity contribution is 9.10. The lowest BCUT2D eigenvalue weighted by Crippen LogP contribution is -2.15. The Bertz CT molecular complexity index is 907. The summed E-state index contributed by atoms with van der Waals surface area (Å²) >= 11 is 2.93. The normalized spacial score (nSPS) is 12.4. The van der Waals surface area contributed by atoms with Crippen LogP contribution in [-0.2, 0) is 20.1 Å². The van der Waals surface area contributed by atoms with Gasteiger partial charge in [0.1, 0.15) is 10.7 Å². The highest BCUT2D eigenvalue weighted by Gasteiger charge is 2.26. The molecule has 3 N–H and O–H groups in total. The van der Waals surface area contributed by atoms with Crippen molar-refractivity contribution in [2.75, 3.05) is 0 Å². The van der Waals surface area contributed by atoms with Gasteiger partial charge in [0.15, 0.2) is 0 Å². The number of hydrogen-bond donors (Lipinski definition) is 2. The molecule has 2 aromatic rings. The van der Waals surface area contributed by atoms with Gasteiger partial charge in [-0.25, -0.2) is 17.9 Å². The number of rotatable bonds is 3. The maximum absolute atomic E-state index is 14.3. The van der Waals surface area contributed by atoms with Crippen LogP contribution < -0.4 is 5.14 Å². The van der Waals surface area contributed by atoms with Crippen LogP contribution in [0.5, 0.6) is 0 Å². The Morgan fingerprint density at radius 3 is 2.09 bits per heavy atom. The molecule has 0 unspecified atom stereocenters. The molecule has 118 valence electrons. The lowest BCUT2D eigenvalue weighted by atomic mass is 10.1. The Kier molecular flexibility index (Phi) is 4.42. The average Bonchev–Trinajstić information content (AvgIpc) is 2.39. The number of nitrogens with two attached hydrogens (primary N) is 1. The number of benzene rings is 2. The average molecular weight is 410 g/mol. The van der Waals surface area contributed by atoms with E-state index in [0.29, 0.717) is 0 Å². The quantitative estimate of drug-likeness (QED) is 0.753. The minimum atomic E-state index is -4.80. The molecule has 0 heterocycles. The number of halogens is 2. The summed E-state index contributed by atoms with van der Waals surface area (Å²) in [6, 6.07) is 6.99. The first kappa shape index (κ1) is 17.0. The van der Waals surface area contributed by atoms with Crippen LogP contribution in [-0.4, -0.2) is 21.4 Å². The second-order valence-electron chi connectivity index (χ2n) is 4.25. The minimum absolute atomic E-state index is 0.00416. The van der Waals surface area contributed by atoms with Gasteiger partial charge >= 0.3 is 0 Å². The zero-order valence-corrected chi connectivity index (χ0v) is 13.9. The van der Waals surface area contributed by atoms with Crippen LogP contribution in [0.1, 0.15) is 0 Å². The lowest BCUT2D eigenvalue weighted by Gasteiger charge is -2.13. The van der Waals surface area contributed by atoms with Crippen molar-refractivity contribution in [3.05, 3.63) is 46.7 Å². The molecule has 0 aliphatic carbocycles. The Morgan fingerprint density at radius 2 is 1.55 bits per heavy atom. The standard InChI is InChI=1S/C12H9BrFNO5S2/c13-8-4-1-3-7(12(8)14)11-9(21(15,16)17)5-2-6-10(11)22(18,19)20/h1-6H,(H2,15,16,17)(H,18,19,20). The van der Waals surface area contributed by atoms with Crippen LogP contribution in [0, 0.1) is 5.82 Å². The molecule has 0 aliphatic rings. The molecular formula is C12H9BrFNO5S2. The largest absolute Gasteiger partial charge is 0.295 e. The van der Waals surface area contributed by atoms with Crippen molar-refractivity contribution < 1.29 is 25.8 Å². The van der Waals surface area contributed by atoms with Crippen molar-refractivity contribution in [1.82, 2.24) is 0 Å². The SMILES string of the molecule is NS(=O)(=O)c1cccc(S(=O)(=O)O)c1-c1cccc(Br)c1F. The molecule has 2 rings (SSSR count). The van der Waals surface area contributed by atoms with E-state index in [0.717, 1.165) is 18.2 Å². The van der Waals surface area contributed by atoms with Gasteiger partial charge in [-0.15, -0.1) is 0 Å². The zero-order chi connectivity index (χ0) is 16.7. The van der Waals surface area contributed by atoms with E-state index in [1.807, 2.05) is 0 Å². The summed E-state index contributed by atoms with van der Waals surface area (Å²) in [5.74, 6) is -0.886. The van der Waals surface area contributed by atoms with Gasteiger partial charge in [0.25, 0.3) is 10.1 Å². The molecule has 2 aromatic carbocycles. The number of sulfonamides is 1. The van der Waals surface area contributed by atoms with E-state index < -0.39 is 41.3 Å². The highest BCUT2D eigenvalue weighted by Crippen LogP contribution is 2.36. The fourth-order valence-electron chi connectivity index (χ4n) is 1.93. The summed E-state index contributed by atoms with van der Waals surface area (Å²) in [6.45, 7) is 0. The predicted molar refractivity (Wildman–Crippen MR) is 80.7 cm³/mol. The molecule has 0 radical (unpaired) electrons. The summed E-state index contributed by atoms with van der Waals surface area (Å²) in [6.07, 6.45) is 0. The second-order valence-corrected chi connectivity index (χ2v) is 8.02. The monoisotopic (exact) mass is 409 g/mol. The number of primary sulfonamides is 1. The van der Waals surface area contributed by atoms with Crippen LogP contribution in [0.4, 0.5) is 4.39 Å². The molecule has 0 atom stereocenters. The molecule has 0 fully saturated rings. The molecule has 0 saturated heterocycles. The van der Waals surface area contributed by atoms with E-state index in [2.05, 4.69) is 15.9 Å². The van der Waals surface area contributed by atoms with Gasteiger partial charge in [0.2, 0.25) is 10.0 Å². The fraction of sp³-hybridized carbons (Fsp3) is 0. The molecule has 0 spiro atoms. The Labute approximate surface area is 134 Å². The first-order valence-corrected chi connectivity index (χ1v) is 9.39. The Balaban J connectivity index is 3.04. The molecule has 0 bridgehead atoms. The first-order valence-electron chi connectivity index (χ1n) is 5.61. The third-order valence-corrected chi connectivity index (χ3v) is 5.26. The van der Waals surface area contributed by atoms with Gasteiger partial charge in [-0.1, -0.05) is 18.2 Å². The summed E-state index contributed by atoms with van der Waals surface area (Å²) < 4.78 is 69.9. The maximum Gasteiger partial charge on any atom is 0.295 e. The van der Waals surface area contributed by atoms with Gasteiger partial charge < -0.3 is 0 Å². The zero-order valence-electron chi connectivity index (χ0n) is 10.7. The van der Waals surface area contributed by atoms with E-state index in [1.54, 1.807) is 0 Å². The molecule has 0 saturated carbocycles. The number of hydrogen-bond acceptors (Lipinski definition) is 4. The molecule has 6 nitrogen and oxygen atoms in total. The van der Waals surface area contributed by atoms with Crippen molar-refractivity contribution in [2.45, 2.75) is 9.79 Å². The smallest absolute Gasteiger partial charge is 0.282 e. The van der Waals surface area contributed by atoms with E-state index >= 15 is 0 Å². The summed E-state index contributed by atoms with van der Waals surface area (Å²) in [4.78, 5) is -1.37. The molecule has 22 heavy (non-hydrogen) atoms. The van der Waals surface area contributed by atoms with Gasteiger partial charge in [-0.3, -0.25) is 4.55 Å². The Hall–Kier alpha value is -1.33.